The summed E-state index contributed by atoms with van der Waals surface area (Å²) in [6.07, 6.45) is 1.84. The highest BCUT2D eigenvalue weighted by Crippen LogP contribution is 2.30. The maximum atomic E-state index is 6.22. The van der Waals surface area contributed by atoms with Crippen molar-refractivity contribution in [1.29, 1.82) is 0 Å². The number of imidazole rings is 1. The summed E-state index contributed by atoms with van der Waals surface area (Å²) in [5, 5.41) is 0. The summed E-state index contributed by atoms with van der Waals surface area (Å²) in [4.78, 5) is 4.50. The molecule has 0 unspecified atom stereocenters. The highest BCUT2D eigenvalue weighted by Gasteiger charge is 2.14. The maximum Gasteiger partial charge on any atom is 0.131 e. The van der Waals surface area contributed by atoms with Crippen molar-refractivity contribution in [3.05, 3.63) is 35.7 Å². The minimum absolute atomic E-state index is 0.562. The van der Waals surface area contributed by atoms with Gasteiger partial charge in [0.15, 0.2) is 0 Å². The summed E-state index contributed by atoms with van der Waals surface area (Å²) in [5.41, 5.74) is 10.7. The zero-order valence-corrected chi connectivity index (χ0v) is 11.6. The van der Waals surface area contributed by atoms with Gasteiger partial charge in [0.2, 0.25) is 0 Å². The van der Waals surface area contributed by atoms with E-state index in [0.29, 0.717) is 5.92 Å². The number of hydrogen-bond donors (Lipinski definition) is 1. The number of aromatic nitrogens is 2. The summed E-state index contributed by atoms with van der Waals surface area (Å²) >= 11 is 0. The number of aryl methyl sites for hydroxylation is 2. The molecule has 3 heteroatoms. The summed E-state index contributed by atoms with van der Waals surface area (Å²) in [6, 6.07) is 6.27. The summed E-state index contributed by atoms with van der Waals surface area (Å²) < 4.78 is 2.03. The van der Waals surface area contributed by atoms with Gasteiger partial charge in [-0.1, -0.05) is 32.0 Å². The third kappa shape index (κ3) is 2.26. The lowest BCUT2D eigenvalue weighted by molar-refractivity contribution is 0.527. The molecule has 0 amide bonds. The Labute approximate surface area is 109 Å². The second-order valence-corrected chi connectivity index (χ2v) is 5.29. The van der Waals surface area contributed by atoms with Crippen LogP contribution in [-0.4, -0.2) is 9.55 Å². The molecule has 1 heterocycles. The molecule has 18 heavy (non-hydrogen) atoms. The lowest BCUT2D eigenvalue weighted by Gasteiger charge is -2.10. The van der Waals surface area contributed by atoms with Gasteiger partial charge < -0.3 is 10.3 Å². The van der Waals surface area contributed by atoms with E-state index in [4.69, 9.17) is 5.73 Å². The van der Waals surface area contributed by atoms with Gasteiger partial charge in [0.05, 0.1) is 6.33 Å². The van der Waals surface area contributed by atoms with E-state index in [9.17, 15) is 0 Å². The first-order chi connectivity index (χ1) is 8.50. The van der Waals surface area contributed by atoms with Crippen LogP contribution in [0.15, 0.2) is 24.5 Å². The molecule has 0 aliphatic heterocycles. The molecule has 0 radical (unpaired) electrons. The van der Waals surface area contributed by atoms with Crippen LogP contribution in [0.4, 0.5) is 5.82 Å². The van der Waals surface area contributed by atoms with Crippen molar-refractivity contribution in [2.24, 2.45) is 5.92 Å². The van der Waals surface area contributed by atoms with Gasteiger partial charge in [0, 0.05) is 12.1 Å². The fourth-order valence-electron chi connectivity index (χ4n) is 2.31. The first-order valence-electron chi connectivity index (χ1n) is 6.38. The molecule has 2 aromatic rings. The Morgan fingerprint density at radius 3 is 2.39 bits per heavy atom. The summed E-state index contributed by atoms with van der Waals surface area (Å²) in [6.45, 7) is 9.46. The zero-order valence-electron chi connectivity index (χ0n) is 11.6. The number of hydrogen-bond acceptors (Lipinski definition) is 2. The molecule has 0 atom stereocenters. The Balaban J connectivity index is 2.49. The Bertz CT molecular complexity index is 533. The fourth-order valence-corrected chi connectivity index (χ4v) is 2.31. The average molecular weight is 243 g/mol. The molecule has 0 saturated heterocycles. The zero-order chi connectivity index (χ0) is 13.3. The second-order valence-electron chi connectivity index (χ2n) is 5.29. The molecule has 1 aromatic carbocycles. The van der Waals surface area contributed by atoms with Crippen LogP contribution in [0.5, 0.6) is 0 Å². The molecule has 0 saturated carbocycles. The Morgan fingerprint density at radius 1 is 1.22 bits per heavy atom. The van der Waals surface area contributed by atoms with Crippen molar-refractivity contribution in [3.63, 3.8) is 0 Å². The lowest BCUT2D eigenvalue weighted by atomic mass is 10.00. The van der Waals surface area contributed by atoms with Gasteiger partial charge in [-0.2, -0.15) is 0 Å². The molecule has 0 aliphatic rings. The van der Waals surface area contributed by atoms with Crippen molar-refractivity contribution in [2.75, 3.05) is 5.73 Å². The first-order valence-corrected chi connectivity index (χ1v) is 6.38. The van der Waals surface area contributed by atoms with Gasteiger partial charge in [-0.05, 0) is 30.9 Å². The van der Waals surface area contributed by atoms with Crippen molar-refractivity contribution in [1.82, 2.24) is 9.55 Å². The van der Waals surface area contributed by atoms with Crippen molar-refractivity contribution in [2.45, 2.75) is 34.2 Å². The maximum absolute atomic E-state index is 6.22. The van der Waals surface area contributed by atoms with E-state index in [-0.39, 0.29) is 0 Å². The lowest BCUT2D eigenvalue weighted by Crippen LogP contribution is -2.07. The van der Waals surface area contributed by atoms with Crippen LogP contribution in [0.3, 0.4) is 0 Å². The van der Waals surface area contributed by atoms with Crippen LogP contribution in [-0.2, 0) is 6.54 Å². The SMILES string of the molecule is Cc1cccc(C)c1-c1ncn(CC(C)C)c1N. The largest absolute Gasteiger partial charge is 0.383 e. The fraction of sp³-hybridized carbons (Fsp3) is 0.400. The average Bonchev–Trinajstić information content (AvgIpc) is 2.61. The molecule has 3 nitrogen and oxygen atoms in total. The minimum Gasteiger partial charge on any atom is -0.383 e. The molecular formula is C15H21N3. The highest BCUT2D eigenvalue weighted by atomic mass is 15.1. The topological polar surface area (TPSA) is 43.8 Å². The van der Waals surface area contributed by atoms with E-state index < -0.39 is 0 Å². The number of rotatable bonds is 3. The van der Waals surface area contributed by atoms with Gasteiger partial charge >= 0.3 is 0 Å². The number of nitrogens with two attached hydrogens (primary N) is 1. The van der Waals surface area contributed by atoms with Gasteiger partial charge in [0.25, 0.3) is 0 Å². The van der Waals surface area contributed by atoms with E-state index in [2.05, 4.69) is 50.9 Å². The Kier molecular flexibility index (Phi) is 3.41. The third-order valence-corrected chi connectivity index (χ3v) is 3.16. The van der Waals surface area contributed by atoms with Crippen LogP contribution in [0, 0.1) is 19.8 Å². The number of nitrogens with zero attached hydrogens (tertiary/aromatic N) is 2. The smallest absolute Gasteiger partial charge is 0.131 e. The van der Waals surface area contributed by atoms with Crippen molar-refractivity contribution in [3.8, 4) is 11.3 Å². The van der Waals surface area contributed by atoms with E-state index in [1.165, 1.54) is 11.1 Å². The van der Waals surface area contributed by atoms with Crippen molar-refractivity contribution < 1.29 is 0 Å². The number of nitrogen functional groups attached to an aromatic ring is 1. The van der Waals surface area contributed by atoms with Crippen LogP contribution >= 0.6 is 0 Å². The third-order valence-electron chi connectivity index (χ3n) is 3.16. The summed E-state index contributed by atoms with van der Waals surface area (Å²) in [7, 11) is 0. The second kappa shape index (κ2) is 4.84. The van der Waals surface area contributed by atoms with Crippen LogP contribution in [0.2, 0.25) is 0 Å². The molecule has 0 bridgehead atoms. The van der Waals surface area contributed by atoms with Crippen LogP contribution in [0.25, 0.3) is 11.3 Å². The van der Waals surface area contributed by atoms with Crippen LogP contribution in [0.1, 0.15) is 25.0 Å². The van der Waals surface area contributed by atoms with Crippen LogP contribution < -0.4 is 5.73 Å². The number of anilines is 1. The molecule has 1 aromatic heterocycles. The van der Waals surface area contributed by atoms with E-state index in [1.54, 1.807) is 0 Å². The van der Waals surface area contributed by atoms with E-state index in [0.717, 1.165) is 23.6 Å². The van der Waals surface area contributed by atoms with E-state index in [1.807, 2.05) is 10.9 Å². The predicted octanol–water partition coefficient (Wildman–Crippen LogP) is 3.41. The van der Waals surface area contributed by atoms with Gasteiger partial charge in [0.1, 0.15) is 11.5 Å². The molecule has 2 N–H and O–H groups in total. The molecule has 0 fully saturated rings. The van der Waals surface area contributed by atoms with E-state index >= 15 is 0 Å². The summed E-state index contributed by atoms with van der Waals surface area (Å²) in [5.74, 6) is 1.33. The predicted molar refractivity (Wildman–Crippen MR) is 76.4 cm³/mol. The van der Waals surface area contributed by atoms with Gasteiger partial charge in [-0.3, -0.25) is 0 Å². The number of benzene rings is 1. The molecule has 0 aliphatic carbocycles. The highest BCUT2D eigenvalue weighted by molar-refractivity contribution is 5.75. The first kappa shape index (κ1) is 12.7. The van der Waals surface area contributed by atoms with Gasteiger partial charge in [-0.25, -0.2) is 4.98 Å². The molecule has 0 spiro atoms. The molecule has 96 valence electrons. The normalized spacial score (nSPS) is 11.2. The Morgan fingerprint density at radius 2 is 1.83 bits per heavy atom. The van der Waals surface area contributed by atoms with Crippen molar-refractivity contribution >= 4 is 5.82 Å². The standard InChI is InChI=1S/C15H21N3/c1-10(2)8-18-9-17-14(15(18)16)13-11(3)6-5-7-12(13)4/h5-7,9-10H,8,16H2,1-4H3. The minimum atomic E-state index is 0.562. The molecular weight excluding hydrogens is 222 g/mol. The quantitative estimate of drug-likeness (QED) is 0.897. The Hall–Kier alpha value is -1.77. The molecule has 2 rings (SSSR count). The monoisotopic (exact) mass is 243 g/mol. The van der Waals surface area contributed by atoms with Gasteiger partial charge in [-0.15, -0.1) is 0 Å².